The molecule has 124 valence electrons. The van der Waals surface area contributed by atoms with Crippen LogP contribution in [0.3, 0.4) is 0 Å². The first-order chi connectivity index (χ1) is 10.7. The molecular weight excluding hydrogens is 288 g/mol. The molecule has 1 nitrogen and oxygen atoms in total. The van der Waals surface area contributed by atoms with Crippen molar-refractivity contribution in [3.8, 4) is 0 Å². The lowest BCUT2D eigenvalue weighted by atomic mass is 10.1. The zero-order valence-corrected chi connectivity index (χ0v) is 15.2. The molecule has 0 unspecified atom stereocenters. The molecule has 0 fully saturated rings. The number of thioether (sulfide) groups is 1. The van der Waals surface area contributed by atoms with Crippen molar-refractivity contribution in [3.63, 3.8) is 0 Å². The highest BCUT2D eigenvalue weighted by atomic mass is 32.2. The van der Waals surface area contributed by atoms with Gasteiger partial charge in [0.2, 0.25) is 0 Å². The molecule has 1 aromatic rings. The van der Waals surface area contributed by atoms with Crippen LogP contribution in [0.25, 0.3) is 0 Å². The topological polar surface area (TPSA) is 17.1 Å². The van der Waals surface area contributed by atoms with E-state index in [1.165, 1.54) is 69.1 Å². The Morgan fingerprint density at radius 1 is 0.909 bits per heavy atom. The Labute approximate surface area is 141 Å². The molecule has 0 N–H and O–H groups in total. The Bertz CT molecular complexity index is 414. The van der Waals surface area contributed by atoms with Gasteiger partial charge in [0, 0.05) is 10.5 Å². The fourth-order valence-corrected chi connectivity index (χ4v) is 3.55. The number of hydrogen-bond acceptors (Lipinski definition) is 2. The molecule has 0 heterocycles. The number of rotatable bonds is 13. The summed E-state index contributed by atoms with van der Waals surface area (Å²) in [6.45, 7) is 3.90. The van der Waals surface area contributed by atoms with Crippen LogP contribution in [-0.4, -0.2) is 11.5 Å². The summed E-state index contributed by atoms with van der Waals surface area (Å²) >= 11 is 1.88. The van der Waals surface area contributed by atoms with E-state index in [-0.39, 0.29) is 5.78 Å². The molecule has 0 aliphatic carbocycles. The van der Waals surface area contributed by atoms with Crippen LogP contribution < -0.4 is 0 Å². The molecule has 0 aromatic heterocycles. The third kappa shape index (κ3) is 9.30. The maximum absolute atomic E-state index is 11.3. The lowest BCUT2D eigenvalue weighted by Gasteiger charge is -2.04. The van der Waals surface area contributed by atoms with Crippen molar-refractivity contribution in [2.75, 3.05) is 5.75 Å². The van der Waals surface area contributed by atoms with E-state index < -0.39 is 0 Å². The van der Waals surface area contributed by atoms with Crippen LogP contribution in [-0.2, 0) is 0 Å². The van der Waals surface area contributed by atoms with Gasteiger partial charge in [0.15, 0.2) is 5.78 Å². The quantitative estimate of drug-likeness (QED) is 0.223. The lowest BCUT2D eigenvalue weighted by Crippen LogP contribution is -1.91. The summed E-state index contributed by atoms with van der Waals surface area (Å²) in [6, 6.07) is 8.00. The van der Waals surface area contributed by atoms with Crippen LogP contribution in [0.1, 0.15) is 88.4 Å². The van der Waals surface area contributed by atoms with Crippen LogP contribution in [0.2, 0.25) is 0 Å². The molecule has 0 spiro atoms. The maximum atomic E-state index is 11.3. The number of benzene rings is 1. The van der Waals surface area contributed by atoms with Gasteiger partial charge in [-0.15, -0.1) is 11.8 Å². The lowest BCUT2D eigenvalue weighted by molar-refractivity contribution is 0.101. The van der Waals surface area contributed by atoms with Crippen molar-refractivity contribution >= 4 is 17.5 Å². The molecule has 0 bridgehead atoms. The summed E-state index contributed by atoms with van der Waals surface area (Å²) in [4.78, 5) is 12.6. The number of hydrogen-bond donors (Lipinski definition) is 0. The van der Waals surface area contributed by atoms with Gasteiger partial charge in [0.1, 0.15) is 0 Å². The van der Waals surface area contributed by atoms with Crippen LogP contribution in [0.5, 0.6) is 0 Å². The Morgan fingerprint density at radius 3 is 2.09 bits per heavy atom. The zero-order chi connectivity index (χ0) is 16.0. The first-order valence-electron chi connectivity index (χ1n) is 8.98. The van der Waals surface area contributed by atoms with Gasteiger partial charge in [-0.25, -0.2) is 0 Å². The molecule has 0 atom stereocenters. The van der Waals surface area contributed by atoms with Crippen molar-refractivity contribution in [3.05, 3.63) is 29.8 Å². The number of carbonyl (C=O) groups excluding carboxylic acids is 1. The standard InChI is InChI=1S/C20H32OS/c1-3-4-5-6-7-8-9-10-11-12-16-22-20-15-13-14-19(17-20)18(2)21/h13-15,17H,3-12,16H2,1-2H3. The molecule has 0 saturated heterocycles. The summed E-state index contributed by atoms with van der Waals surface area (Å²) in [5.74, 6) is 1.32. The number of ketones is 1. The predicted octanol–water partition coefficient (Wildman–Crippen LogP) is 6.90. The molecule has 1 rings (SSSR count). The molecule has 0 amide bonds. The molecular formula is C20H32OS. The highest BCUT2D eigenvalue weighted by Crippen LogP contribution is 2.21. The molecule has 0 aliphatic heterocycles. The Hall–Kier alpha value is -0.760. The van der Waals surface area contributed by atoms with E-state index in [2.05, 4.69) is 13.0 Å². The van der Waals surface area contributed by atoms with E-state index in [4.69, 9.17) is 0 Å². The minimum Gasteiger partial charge on any atom is -0.295 e. The first-order valence-corrected chi connectivity index (χ1v) is 9.96. The highest BCUT2D eigenvalue weighted by Gasteiger charge is 2.01. The third-order valence-electron chi connectivity index (χ3n) is 4.01. The fraction of sp³-hybridized carbons (Fsp3) is 0.650. The zero-order valence-electron chi connectivity index (χ0n) is 14.4. The largest absolute Gasteiger partial charge is 0.295 e. The third-order valence-corrected chi connectivity index (χ3v) is 5.09. The minimum atomic E-state index is 0.154. The second-order valence-electron chi connectivity index (χ2n) is 6.11. The normalized spacial score (nSPS) is 10.8. The highest BCUT2D eigenvalue weighted by molar-refractivity contribution is 7.99. The first kappa shape index (κ1) is 19.3. The summed E-state index contributed by atoms with van der Waals surface area (Å²) in [7, 11) is 0. The Morgan fingerprint density at radius 2 is 1.50 bits per heavy atom. The van der Waals surface area contributed by atoms with Crippen LogP contribution in [0.4, 0.5) is 0 Å². The number of Topliss-reactive ketones (excluding diaryl/α,β-unsaturated/α-hetero) is 1. The van der Waals surface area contributed by atoms with Crippen LogP contribution in [0, 0.1) is 0 Å². The van der Waals surface area contributed by atoms with Gasteiger partial charge in [0.05, 0.1) is 0 Å². The second-order valence-corrected chi connectivity index (χ2v) is 7.28. The van der Waals surface area contributed by atoms with Gasteiger partial charge >= 0.3 is 0 Å². The average Bonchev–Trinajstić information content (AvgIpc) is 2.53. The molecule has 0 radical (unpaired) electrons. The van der Waals surface area contributed by atoms with Gasteiger partial charge in [-0.05, 0) is 31.2 Å². The fourth-order valence-electron chi connectivity index (χ4n) is 2.58. The van der Waals surface area contributed by atoms with Crippen molar-refractivity contribution < 1.29 is 4.79 Å². The van der Waals surface area contributed by atoms with E-state index in [0.29, 0.717) is 0 Å². The Kier molecular flexibility index (Phi) is 11.2. The van der Waals surface area contributed by atoms with Crippen molar-refractivity contribution in [2.45, 2.75) is 83.0 Å². The molecule has 22 heavy (non-hydrogen) atoms. The van der Waals surface area contributed by atoms with Crippen LogP contribution >= 0.6 is 11.8 Å². The number of unbranched alkanes of at least 4 members (excludes halogenated alkanes) is 9. The van der Waals surface area contributed by atoms with Gasteiger partial charge in [-0.2, -0.15) is 0 Å². The molecule has 0 aliphatic rings. The van der Waals surface area contributed by atoms with E-state index in [1.807, 2.05) is 30.0 Å². The minimum absolute atomic E-state index is 0.154. The van der Waals surface area contributed by atoms with E-state index in [9.17, 15) is 4.79 Å². The summed E-state index contributed by atoms with van der Waals surface area (Å²) < 4.78 is 0. The summed E-state index contributed by atoms with van der Waals surface area (Å²) in [5.41, 5.74) is 0.827. The molecule has 0 saturated carbocycles. The Balaban J connectivity index is 1.97. The van der Waals surface area contributed by atoms with Gasteiger partial charge in [-0.3, -0.25) is 4.79 Å². The van der Waals surface area contributed by atoms with Gasteiger partial charge in [-0.1, -0.05) is 76.8 Å². The van der Waals surface area contributed by atoms with E-state index in [0.717, 1.165) is 11.3 Å². The van der Waals surface area contributed by atoms with Crippen LogP contribution in [0.15, 0.2) is 29.2 Å². The maximum Gasteiger partial charge on any atom is 0.159 e. The van der Waals surface area contributed by atoms with Crippen molar-refractivity contribution in [2.24, 2.45) is 0 Å². The van der Waals surface area contributed by atoms with Gasteiger partial charge in [0.25, 0.3) is 0 Å². The van der Waals surface area contributed by atoms with Gasteiger partial charge < -0.3 is 0 Å². The second kappa shape index (κ2) is 12.8. The molecule has 2 heteroatoms. The van der Waals surface area contributed by atoms with E-state index >= 15 is 0 Å². The monoisotopic (exact) mass is 320 g/mol. The van der Waals surface area contributed by atoms with Crippen molar-refractivity contribution in [1.29, 1.82) is 0 Å². The molecule has 1 aromatic carbocycles. The predicted molar refractivity (Wildman–Crippen MR) is 99.0 cm³/mol. The SMILES string of the molecule is CCCCCCCCCCCCSc1cccc(C(C)=O)c1. The summed E-state index contributed by atoms with van der Waals surface area (Å²) in [6.07, 6.45) is 13.8. The average molecular weight is 321 g/mol. The van der Waals surface area contributed by atoms with Crippen molar-refractivity contribution in [1.82, 2.24) is 0 Å². The summed E-state index contributed by atoms with van der Waals surface area (Å²) in [5, 5.41) is 0. The smallest absolute Gasteiger partial charge is 0.159 e. The number of carbonyl (C=O) groups is 1. The van der Waals surface area contributed by atoms with E-state index in [1.54, 1.807) is 6.92 Å².